The summed E-state index contributed by atoms with van der Waals surface area (Å²) in [5.74, 6) is 0.157. The highest BCUT2D eigenvalue weighted by atomic mass is 16.5. The second-order valence-electron chi connectivity index (χ2n) is 8.49. The monoisotopic (exact) mass is 440 g/mol. The first-order valence-corrected chi connectivity index (χ1v) is 10.6. The topological polar surface area (TPSA) is 104 Å². The van der Waals surface area contributed by atoms with Crippen molar-refractivity contribution in [3.05, 3.63) is 41.2 Å². The summed E-state index contributed by atoms with van der Waals surface area (Å²) < 4.78 is 11.8. The van der Waals surface area contributed by atoms with Gasteiger partial charge >= 0.3 is 0 Å². The number of anilines is 1. The molecule has 1 aromatic carbocycles. The van der Waals surface area contributed by atoms with Crippen molar-refractivity contribution in [2.75, 3.05) is 39.2 Å². The average Bonchev–Trinajstić information content (AvgIpc) is 3.27. The Balaban J connectivity index is 1.91. The molecule has 0 bridgehead atoms. The number of likely N-dealkylation sites (N-methyl/N-ethyl adjacent to an activating group) is 2. The van der Waals surface area contributed by atoms with Crippen molar-refractivity contribution in [1.82, 2.24) is 15.2 Å². The van der Waals surface area contributed by atoms with Crippen molar-refractivity contribution in [3.63, 3.8) is 0 Å². The van der Waals surface area contributed by atoms with E-state index in [4.69, 9.17) is 9.47 Å². The lowest BCUT2D eigenvalue weighted by atomic mass is 9.86. The molecule has 32 heavy (non-hydrogen) atoms. The number of hydrogen-bond donors (Lipinski definition) is 2. The molecule has 0 saturated carbocycles. The predicted molar refractivity (Wildman–Crippen MR) is 118 cm³/mol. The van der Waals surface area contributed by atoms with Crippen LogP contribution in [0.2, 0.25) is 0 Å². The van der Waals surface area contributed by atoms with Crippen LogP contribution in [-0.4, -0.2) is 68.0 Å². The van der Waals surface area contributed by atoms with Crippen molar-refractivity contribution in [2.45, 2.75) is 25.9 Å². The van der Waals surface area contributed by atoms with Crippen LogP contribution in [-0.2, 0) is 9.59 Å². The second kappa shape index (κ2) is 8.22. The highest BCUT2D eigenvalue weighted by molar-refractivity contribution is 6.04. The number of carbonyl (C=O) groups is 3. The van der Waals surface area contributed by atoms with E-state index in [9.17, 15) is 14.4 Å². The van der Waals surface area contributed by atoms with Gasteiger partial charge in [0.05, 0.1) is 12.8 Å². The van der Waals surface area contributed by atoms with Crippen molar-refractivity contribution in [3.8, 4) is 11.5 Å². The molecule has 0 spiro atoms. The molecule has 170 valence electrons. The van der Waals surface area contributed by atoms with Gasteiger partial charge in [0.2, 0.25) is 5.91 Å². The molecule has 3 heterocycles. The molecule has 2 aromatic rings. The van der Waals surface area contributed by atoms with Gasteiger partial charge in [-0.05, 0) is 23.6 Å². The molecule has 0 fully saturated rings. The molecule has 2 unspecified atom stereocenters. The molecule has 2 aliphatic heterocycles. The van der Waals surface area contributed by atoms with Gasteiger partial charge < -0.3 is 24.7 Å². The zero-order valence-corrected chi connectivity index (χ0v) is 18.9. The number of hydrogen-bond acceptors (Lipinski definition) is 5. The smallest absolute Gasteiger partial charge is 0.270 e. The molecule has 1 aromatic heterocycles. The van der Waals surface area contributed by atoms with Gasteiger partial charge in [-0.2, -0.15) is 0 Å². The summed E-state index contributed by atoms with van der Waals surface area (Å²) >= 11 is 0. The maximum atomic E-state index is 13.2. The van der Waals surface area contributed by atoms with Crippen molar-refractivity contribution in [2.24, 2.45) is 5.92 Å². The maximum absolute atomic E-state index is 13.2. The predicted octanol–water partition coefficient (Wildman–Crippen LogP) is 1.74. The van der Waals surface area contributed by atoms with E-state index in [2.05, 4.69) is 10.3 Å². The Kier molecular flexibility index (Phi) is 5.58. The minimum Gasteiger partial charge on any atom is -0.497 e. The zero-order valence-electron chi connectivity index (χ0n) is 18.9. The molecule has 0 aliphatic carbocycles. The molecule has 0 saturated heterocycles. The minimum atomic E-state index is -0.729. The van der Waals surface area contributed by atoms with E-state index in [1.807, 2.05) is 26.0 Å². The summed E-state index contributed by atoms with van der Waals surface area (Å²) in [6, 6.07) is 5.49. The van der Waals surface area contributed by atoms with E-state index < -0.39 is 6.10 Å². The molecule has 2 aliphatic rings. The van der Waals surface area contributed by atoms with Crippen LogP contribution in [0.25, 0.3) is 0 Å². The van der Waals surface area contributed by atoms with Crippen LogP contribution in [0.5, 0.6) is 11.5 Å². The van der Waals surface area contributed by atoms with E-state index in [0.29, 0.717) is 29.4 Å². The first kappa shape index (κ1) is 21.7. The fraction of sp³-hybridized carbons (Fsp3) is 0.435. The number of nitrogens with one attached hydrogen (secondary N) is 2. The summed E-state index contributed by atoms with van der Waals surface area (Å²) in [4.78, 5) is 44.2. The Labute approximate surface area is 186 Å². The van der Waals surface area contributed by atoms with E-state index >= 15 is 0 Å². The largest absolute Gasteiger partial charge is 0.497 e. The number of nitrogens with zero attached hydrogens (tertiary/aromatic N) is 2. The number of H-pyrrole nitrogens is 1. The third-order valence-corrected chi connectivity index (χ3v) is 6.09. The Morgan fingerprint density at radius 3 is 2.72 bits per heavy atom. The van der Waals surface area contributed by atoms with Crippen LogP contribution in [0.15, 0.2) is 24.4 Å². The summed E-state index contributed by atoms with van der Waals surface area (Å²) in [6.07, 6.45) is 1.02. The third kappa shape index (κ3) is 3.47. The van der Waals surface area contributed by atoms with E-state index in [-0.39, 0.29) is 36.1 Å². The minimum absolute atomic E-state index is 0.0737. The summed E-state index contributed by atoms with van der Waals surface area (Å²) in [5, 5.41) is 2.58. The molecule has 2 N–H and O–H groups in total. The van der Waals surface area contributed by atoms with Crippen molar-refractivity contribution < 1.29 is 23.9 Å². The fourth-order valence-corrected chi connectivity index (χ4v) is 4.34. The first-order valence-electron chi connectivity index (χ1n) is 10.6. The lowest BCUT2D eigenvalue weighted by Crippen LogP contribution is -2.51. The van der Waals surface area contributed by atoms with Crippen molar-refractivity contribution >= 4 is 23.4 Å². The quantitative estimate of drug-likeness (QED) is 0.737. The number of aromatic amines is 1. The number of methoxy groups -OCH3 is 1. The normalized spacial score (nSPS) is 20.1. The highest BCUT2D eigenvalue weighted by Gasteiger charge is 2.41. The molecule has 4 rings (SSSR count). The lowest BCUT2D eigenvalue weighted by Gasteiger charge is -2.39. The molecule has 9 nitrogen and oxygen atoms in total. The number of ether oxygens (including phenoxy) is 2. The Hall–Kier alpha value is -3.49. The van der Waals surface area contributed by atoms with Gasteiger partial charge in [-0.1, -0.05) is 13.8 Å². The Morgan fingerprint density at radius 2 is 2.06 bits per heavy atom. The zero-order chi connectivity index (χ0) is 23.2. The molecule has 2 atom stereocenters. The standard InChI is InChI=1S/C23H28N4O5/c1-12(2)20-23(30)27(11-18(28)24-3)17-9-13(31-5)8-15(21(17)32-20)16-10-26(4)22(29)19-14(16)6-7-25-19/h6-9,12,16,20,25H,10-11H2,1-5H3,(H,24,28). The van der Waals surface area contributed by atoms with Crippen LogP contribution in [0.4, 0.5) is 5.69 Å². The van der Waals surface area contributed by atoms with E-state index in [1.54, 1.807) is 31.3 Å². The number of aromatic nitrogens is 1. The number of rotatable bonds is 5. The van der Waals surface area contributed by atoms with Gasteiger partial charge in [-0.15, -0.1) is 0 Å². The Bertz CT molecular complexity index is 1080. The molecule has 9 heteroatoms. The molecular formula is C23H28N4O5. The van der Waals surface area contributed by atoms with Crippen molar-refractivity contribution in [1.29, 1.82) is 0 Å². The summed E-state index contributed by atoms with van der Waals surface area (Å²) in [5.41, 5.74) is 2.69. The lowest BCUT2D eigenvalue weighted by molar-refractivity contribution is -0.130. The highest BCUT2D eigenvalue weighted by Crippen LogP contribution is 2.47. The molecular weight excluding hydrogens is 412 g/mol. The van der Waals surface area contributed by atoms with Gasteiger partial charge in [-0.3, -0.25) is 19.3 Å². The first-order chi connectivity index (χ1) is 15.3. The number of amides is 3. The summed E-state index contributed by atoms with van der Waals surface area (Å²) in [7, 11) is 4.84. The molecule has 0 radical (unpaired) electrons. The SMILES string of the molecule is CNC(=O)CN1C(=O)C(C(C)C)Oc2c(C3CN(C)C(=O)c4[nH]ccc43)cc(OC)cc21. The fourth-order valence-electron chi connectivity index (χ4n) is 4.34. The van der Waals surface area contributed by atoms with E-state index in [1.165, 1.54) is 11.9 Å². The average molecular weight is 441 g/mol. The molecule has 3 amide bonds. The van der Waals surface area contributed by atoms with Crippen LogP contribution < -0.4 is 19.7 Å². The van der Waals surface area contributed by atoms with Crippen LogP contribution in [0.3, 0.4) is 0 Å². The number of carbonyl (C=O) groups excluding carboxylic acids is 3. The third-order valence-electron chi connectivity index (χ3n) is 6.09. The van der Waals surface area contributed by atoms with Crippen LogP contribution in [0, 0.1) is 5.92 Å². The van der Waals surface area contributed by atoms with E-state index in [0.717, 1.165) is 11.1 Å². The van der Waals surface area contributed by atoms with Gasteiger partial charge in [-0.25, -0.2) is 0 Å². The van der Waals surface area contributed by atoms with Gasteiger partial charge in [0.15, 0.2) is 6.10 Å². The number of fused-ring (bicyclic) bond motifs is 2. The maximum Gasteiger partial charge on any atom is 0.270 e. The number of benzene rings is 1. The second-order valence-corrected chi connectivity index (χ2v) is 8.49. The van der Waals surface area contributed by atoms with Crippen LogP contribution >= 0.6 is 0 Å². The van der Waals surface area contributed by atoms with Gasteiger partial charge in [0, 0.05) is 44.4 Å². The van der Waals surface area contributed by atoms with Gasteiger partial charge in [0.1, 0.15) is 23.7 Å². The summed E-state index contributed by atoms with van der Waals surface area (Å²) in [6.45, 7) is 4.14. The Morgan fingerprint density at radius 1 is 1.31 bits per heavy atom. The van der Waals surface area contributed by atoms with Gasteiger partial charge in [0.25, 0.3) is 11.8 Å². The van der Waals surface area contributed by atoms with Crippen LogP contribution in [0.1, 0.15) is 41.4 Å².